The monoisotopic (exact) mass is 466 g/mol. The standard InChI is InChI=1S/C24H26N4O4S/c1-16-24(29)27(2)21-14-25-23(13-20(21)28(16)15-17-8-6-5-7-9-17)26-19-12-18(33(4,30)31)10-11-22(19)32-3/h5-14,16H,15H2,1-4H3,(H,25,26). The Kier molecular flexibility index (Phi) is 5.99. The van der Waals surface area contributed by atoms with E-state index < -0.39 is 9.84 Å². The molecule has 1 aromatic heterocycles. The summed E-state index contributed by atoms with van der Waals surface area (Å²) in [6.45, 7) is 2.45. The van der Waals surface area contributed by atoms with E-state index in [0.29, 0.717) is 29.5 Å². The lowest BCUT2D eigenvalue weighted by Gasteiger charge is -2.40. The number of carbonyl (C=O) groups is 1. The number of ether oxygens (including phenoxy) is 1. The van der Waals surface area contributed by atoms with Crippen molar-refractivity contribution >= 4 is 38.6 Å². The molecule has 1 amide bonds. The lowest BCUT2D eigenvalue weighted by atomic mass is 10.1. The zero-order valence-electron chi connectivity index (χ0n) is 18.9. The number of sulfone groups is 1. The van der Waals surface area contributed by atoms with E-state index in [4.69, 9.17) is 4.74 Å². The third-order valence-electron chi connectivity index (χ3n) is 5.75. The summed E-state index contributed by atoms with van der Waals surface area (Å²) in [5.74, 6) is 0.984. The number of hydrogen-bond acceptors (Lipinski definition) is 7. The molecule has 2 aromatic carbocycles. The highest BCUT2D eigenvalue weighted by atomic mass is 32.2. The van der Waals surface area contributed by atoms with Crippen molar-refractivity contribution in [3.05, 3.63) is 66.4 Å². The molecule has 0 radical (unpaired) electrons. The second-order valence-electron chi connectivity index (χ2n) is 8.00. The predicted octanol–water partition coefficient (Wildman–Crippen LogP) is 3.61. The summed E-state index contributed by atoms with van der Waals surface area (Å²) in [6.07, 6.45) is 2.80. The minimum Gasteiger partial charge on any atom is -0.495 e. The van der Waals surface area contributed by atoms with Crippen molar-refractivity contribution in [1.29, 1.82) is 0 Å². The quantitative estimate of drug-likeness (QED) is 0.593. The highest BCUT2D eigenvalue weighted by Crippen LogP contribution is 2.38. The SMILES string of the molecule is COc1ccc(S(C)(=O)=O)cc1Nc1cc2c(cn1)N(C)C(=O)C(C)N2Cc1ccccc1. The van der Waals surface area contributed by atoms with E-state index in [1.54, 1.807) is 24.2 Å². The number of methoxy groups -OCH3 is 1. The Balaban J connectivity index is 1.74. The summed E-state index contributed by atoms with van der Waals surface area (Å²) in [7, 11) is -0.130. The van der Waals surface area contributed by atoms with Gasteiger partial charge in [0.2, 0.25) is 5.91 Å². The van der Waals surface area contributed by atoms with Crippen LogP contribution in [0.1, 0.15) is 12.5 Å². The molecule has 9 heteroatoms. The van der Waals surface area contributed by atoms with Gasteiger partial charge in [-0.1, -0.05) is 30.3 Å². The van der Waals surface area contributed by atoms with Crippen molar-refractivity contribution in [3.8, 4) is 5.75 Å². The molecule has 172 valence electrons. The maximum Gasteiger partial charge on any atom is 0.249 e. The zero-order chi connectivity index (χ0) is 23.8. The molecular weight excluding hydrogens is 440 g/mol. The number of pyridine rings is 1. The van der Waals surface area contributed by atoms with Crippen LogP contribution < -0.4 is 19.9 Å². The van der Waals surface area contributed by atoms with Gasteiger partial charge in [0.15, 0.2) is 9.84 Å². The van der Waals surface area contributed by atoms with Crippen LogP contribution in [0.3, 0.4) is 0 Å². The van der Waals surface area contributed by atoms with Gasteiger partial charge in [-0.2, -0.15) is 0 Å². The lowest BCUT2D eigenvalue weighted by Crippen LogP contribution is -2.50. The number of benzene rings is 2. The largest absolute Gasteiger partial charge is 0.495 e. The van der Waals surface area contributed by atoms with Gasteiger partial charge in [0.05, 0.1) is 35.3 Å². The molecule has 0 saturated carbocycles. The van der Waals surface area contributed by atoms with Gasteiger partial charge in [0.1, 0.15) is 17.6 Å². The van der Waals surface area contributed by atoms with Crippen LogP contribution in [0.5, 0.6) is 5.75 Å². The van der Waals surface area contributed by atoms with E-state index in [2.05, 4.69) is 10.3 Å². The molecule has 4 rings (SSSR count). The van der Waals surface area contributed by atoms with E-state index in [1.165, 1.54) is 19.2 Å². The molecule has 1 aliphatic heterocycles. The summed E-state index contributed by atoms with van der Waals surface area (Å²) in [6, 6.07) is 16.1. The third kappa shape index (κ3) is 4.49. The fourth-order valence-electron chi connectivity index (χ4n) is 3.89. The second kappa shape index (κ2) is 8.74. The molecule has 33 heavy (non-hydrogen) atoms. The summed E-state index contributed by atoms with van der Waals surface area (Å²) in [5, 5.41) is 3.18. The van der Waals surface area contributed by atoms with Crippen LogP contribution in [0.2, 0.25) is 0 Å². The Morgan fingerprint density at radius 2 is 1.82 bits per heavy atom. The van der Waals surface area contributed by atoms with E-state index in [-0.39, 0.29) is 16.8 Å². The van der Waals surface area contributed by atoms with Crippen LogP contribution >= 0.6 is 0 Å². The van der Waals surface area contributed by atoms with Crippen LogP contribution in [-0.2, 0) is 21.2 Å². The maximum absolute atomic E-state index is 12.8. The second-order valence-corrected chi connectivity index (χ2v) is 10.0. The molecule has 0 saturated heterocycles. The minimum absolute atomic E-state index is 0.0107. The van der Waals surface area contributed by atoms with E-state index in [0.717, 1.165) is 17.5 Å². The minimum atomic E-state index is -3.39. The van der Waals surface area contributed by atoms with Crippen LogP contribution in [0.15, 0.2) is 65.7 Å². The summed E-state index contributed by atoms with van der Waals surface area (Å²) in [4.78, 5) is 21.2. The number of hydrogen-bond donors (Lipinski definition) is 1. The van der Waals surface area contributed by atoms with Gasteiger partial charge in [-0.05, 0) is 30.7 Å². The molecule has 0 spiro atoms. The number of amides is 1. The van der Waals surface area contributed by atoms with Crippen LogP contribution in [-0.4, -0.2) is 45.8 Å². The maximum atomic E-state index is 12.8. The molecule has 1 unspecified atom stereocenters. The van der Waals surface area contributed by atoms with Crippen LogP contribution in [0, 0.1) is 0 Å². The van der Waals surface area contributed by atoms with Gasteiger partial charge in [-0.3, -0.25) is 4.79 Å². The molecule has 0 aliphatic carbocycles. The number of likely N-dealkylation sites (N-methyl/N-ethyl adjacent to an activating group) is 1. The first-order chi connectivity index (χ1) is 15.7. The number of nitrogens with one attached hydrogen (secondary N) is 1. The van der Waals surface area contributed by atoms with Crippen molar-refractivity contribution in [2.45, 2.75) is 24.4 Å². The van der Waals surface area contributed by atoms with Gasteiger partial charge in [-0.15, -0.1) is 0 Å². The van der Waals surface area contributed by atoms with E-state index >= 15 is 0 Å². The molecule has 8 nitrogen and oxygen atoms in total. The van der Waals surface area contributed by atoms with Crippen molar-refractivity contribution < 1.29 is 17.9 Å². The average Bonchev–Trinajstić information content (AvgIpc) is 2.80. The van der Waals surface area contributed by atoms with Crippen molar-refractivity contribution in [2.75, 3.05) is 35.5 Å². The summed E-state index contributed by atoms with van der Waals surface area (Å²) in [5.41, 5.74) is 3.12. The molecule has 0 fully saturated rings. The molecular formula is C24H26N4O4S. The Morgan fingerprint density at radius 1 is 1.09 bits per heavy atom. The average molecular weight is 467 g/mol. The topological polar surface area (TPSA) is 91.8 Å². The highest BCUT2D eigenvalue weighted by molar-refractivity contribution is 7.90. The van der Waals surface area contributed by atoms with Gasteiger partial charge in [0.25, 0.3) is 0 Å². The predicted molar refractivity (Wildman–Crippen MR) is 129 cm³/mol. The molecule has 1 N–H and O–H groups in total. The van der Waals surface area contributed by atoms with Gasteiger partial charge >= 0.3 is 0 Å². The number of carbonyl (C=O) groups excluding carboxylic acids is 1. The first-order valence-corrected chi connectivity index (χ1v) is 12.3. The molecule has 2 heterocycles. The number of anilines is 4. The molecule has 0 bridgehead atoms. The fraction of sp³-hybridized carbons (Fsp3) is 0.250. The summed E-state index contributed by atoms with van der Waals surface area (Å²) < 4.78 is 29.4. The molecule has 1 aliphatic rings. The van der Waals surface area contributed by atoms with Gasteiger partial charge in [0, 0.05) is 25.9 Å². The third-order valence-corrected chi connectivity index (χ3v) is 6.86. The fourth-order valence-corrected chi connectivity index (χ4v) is 4.54. The van der Waals surface area contributed by atoms with Crippen molar-refractivity contribution in [3.63, 3.8) is 0 Å². The molecule has 1 atom stereocenters. The summed E-state index contributed by atoms with van der Waals surface area (Å²) >= 11 is 0. The first kappa shape index (κ1) is 22.6. The Bertz CT molecular complexity index is 1300. The van der Waals surface area contributed by atoms with Crippen LogP contribution in [0.25, 0.3) is 0 Å². The van der Waals surface area contributed by atoms with Crippen molar-refractivity contribution in [1.82, 2.24) is 4.98 Å². The Morgan fingerprint density at radius 3 is 2.48 bits per heavy atom. The Hall–Kier alpha value is -3.59. The van der Waals surface area contributed by atoms with E-state index in [1.807, 2.05) is 48.2 Å². The molecule has 3 aromatic rings. The highest BCUT2D eigenvalue weighted by Gasteiger charge is 2.34. The normalized spacial score (nSPS) is 15.9. The van der Waals surface area contributed by atoms with Crippen LogP contribution in [0.4, 0.5) is 22.9 Å². The number of nitrogens with zero attached hydrogens (tertiary/aromatic N) is 3. The number of fused-ring (bicyclic) bond motifs is 1. The zero-order valence-corrected chi connectivity index (χ0v) is 19.8. The first-order valence-electron chi connectivity index (χ1n) is 10.4. The van der Waals surface area contributed by atoms with Gasteiger partial charge in [-0.25, -0.2) is 13.4 Å². The lowest BCUT2D eigenvalue weighted by molar-refractivity contribution is -0.119. The Labute approximate surface area is 193 Å². The number of aromatic nitrogens is 1. The van der Waals surface area contributed by atoms with Crippen molar-refractivity contribution in [2.24, 2.45) is 0 Å². The number of rotatable bonds is 6. The smallest absolute Gasteiger partial charge is 0.249 e. The van der Waals surface area contributed by atoms with Gasteiger partial charge < -0.3 is 19.9 Å². The van der Waals surface area contributed by atoms with E-state index in [9.17, 15) is 13.2 Å².